The van der Waals surface area contributed by atoms with Crippen LogP contribution in [0.4, 0.5) is 18.2 Å². The van der Waals surface area contributed by atoms with Gasteiger partial charge in [-0.1, -0.05) is 0 Å². The summed E-state index contributed by atoms with van der Waals surface area (Å²) in [5.74, 6) is -2.39. The smallest absolute Gasteiger partial charge is 0.365 e. The number of thiophene rings is 1. The zero-order valence-corrected chi connectivity index (χ0v) is 15.3. The first kappa shape index (κ1) is 19.2. The number of hydrogen-bond donors (Lipinski definition) is 2. The van der Waals surface area contributed by atoms with E-state index < -0.39 is 30.0 Å². The maximum atomic E-state index is 13.0. The number of likely N-dealkylation sites (tertiary alicyclic amines) is 1. The van der Waals surface area contributed by atoms with Gasteiger partial charge in [-0.2, -0.15) is 13.2 Å². The van der Waals surface area contributed by atoms with Gasteiger partial charge in [-0.25, -0.2) is 0 Å². The summed E-state index contributed by atoms with van der Waals surface area (Å²) in [7, 11) is 0. The Labute approximate surface area is 153 Å². The van der Waals surface area contributed by atoms with E-state index in [1.165, 1.54) is 11.3 Å². The second-order valence-electron chi connectivity index (χ2n) is 6.97. The third-order valence-corrected chi connectivity index (χ3v) is 6.45. The van der Waals surface area contributed by atoms with Crippen molar-refractivity contribution < 1.29 is 22.8 Å². The van der Waals surface area contributed by atoms with Gasteiger partial charge in [-0.15, -0.1) is 11.3 Å². The van der Waals surface area contributed by atoms with E-state index in [9.17, 15) is 22.8 Å². The normalized spacial score (nSPS) is 22.1. The Morgan fingerprint density at radius 3 is 2.69 bits per heavy atom. The zero-order valence-electron chi connectivity index (χ0n) is 14.5. The first-order valence-corrected chi connectivity index (χ1v) is 9.56. The number of carbonyl (C=O) groups is 2. The predicted octanol–water partition coefficient (Wildman–Crippen LogP) is 2.94. The summed E-state index contributed by atoms with van der Waals surface area (Å²) in [6.45, 7) is 1.87. The first-order valence-electron chi connectivity index (χ1n) is 8.74. The lowest BCUT2D eigenvalue weighted by Crippen LogP contribution is -2.49. The maximum Gasteiger partial charge on any atom is 0.393 e. The largest absolute Gasteiger partial charge is 0.393 e. The van der Waals surface area contributed by atoms with Crippen molar-refractivity contribution >= 4 is 28.2 Å². The molecule has 0 saturated carbocycles. The van der Waals surface area contributed by atoms with Gasteiger partial charge in [0.1, 0.15) is 5.00 Å². The highest BCUT2D eigenvalue weighted by atomic mass is 32.1. The molecule has 0 unspecified atom stereocenters. The molecule has 0 radical (unpaired) electrons. The van der Waals surface area contributed by atoms with Gasteiger partial charge in [0.05, 0.1) is 17.5 Å². The second kappa shape index (κ2) is 7.19. The number of piperidine rings is 1. The van der Waals surface area contributed by atoms with Gasteiger partial charge < -0.3 is 11.1 Å². The van der Waals surface area contributed by atoms with Crippen molar-refractivity contribution in [3.05, 3.63) is 16.0 Å². The minimum atomic E-state index is -4.25. The monoisotopic (exact) mass is 389 g/mol. The highest BCUT2D eigenvalue weighted by molar-refractivity contribution is 7.17. The minimum Gasteiger partial charge on any atom is -0.365 e. The molecule has 5 nitrogen and oxygen atoms in total. The van der Waals surface area contributed by atoms with Crippen LogP contribution in [0.3, 0.4) is 0 Å². The fourth-order valence-electron chi connectivity index (χ4n) is 3.76. The highest BCUT2D eigenvalue weighted by Gasteiger charge is 2.43. The highest BCUT2D eigenvalue weighted by Crippen LogP contribution is 2.39. The van der Waals surface area contributed by atoms with E-state index in [0.717, 1.165) is 29.7 Å². The number of halogens is 3. The number of hydrogen-bond acceptors (Lipinski definition) is 4. The van der Waals surface area contributed by atoms with E-state index in [1.54, 1.807) is 11.8 Å². The van der Waals surface area contributed by atoms with Crippen molar-refractivity contribution in [2.75, 3.05) is 18.4 Å². The Morgan fingerprint density at radius 1 is 1.31 bits per heavy atom. The van der Waals surface area contributed by atoms with Crippen molar-refractivity contribution in [1.29, 1.82) is 0 Å². The van der Waals surface area contributed by atoms with Crippen molar-refractivity contribution in [3.63, 3.8) is 0 Å². The molecule has 1 aliphatic heterocycles. The molecule has 1 aromatic rings. The predicted molar refractivity (Wildman–Crippen MR) is 93.3 cm³/mol. The summed E-state index contributed by atoms with van der Waals surface area (Å²) in [6.07, 6.45) is -1.18. The summed E-state index contributed by atoms with van der Waals surface area (Å²) < 4.78 is 39.0. The van der Waals surface area contributed by atoms with Gasteiger partial charge in [0.2, 0.25) is 5.91 Å². The zero-order chi connectivity index (χ0) is 19.1. The van der Waals surface area contributed by atoms with E-state index in [4.69, 9.17) is 5.73 Å². The number of rotatable bonds is 4. The average Bonchev–Trinajstić information content (AvgIpc) is 3.13. The second-order valence-corrected chi connectivity index (χ2v) is 8.07. The summed E-state index contributed by atoms with van der Waals surface area (Å²) in [5, 5.41) is 3.15. The van der Waals surface area contributed by atoms with Crippen LogP contribution in [0.15, 0.2) is 0 Å². The van der Waals surface area contributed by atoms with Crippen LogP contribution < -0.4 is 11.1 Å². The molecule has 2 heterocycles. The molecule has 0 bridgehead atoms. The number of primary amides is 1. The molecule has 2 aliphatic rings. The Bertz CT molecular complexity index is 717. The fourth-order valence-corrected chi connectivity index (χ4v) is 5.06. The number of nitrogens with two attached hydrogens (primary N) is 1. The lowest BCUT2D eigenvalue weighted by atomic mass is 9.96. The van der Waals surface area contributed by atoms with Crippen molar-refractivity contribution in [1.82, 2.24) is 4.90 Å². The van der Waals surface area contributed by atoms with Gasteiger partial charge in [0, 0.05) is 11.4 Å². The van der Waals surface area contributed by atoms with Crippen LogP contribution in [0.2, 0.25) is 0 Å². The molecule has 0 aromatic carbocycles. The van der Waals surface area contributed by atoms with Crippen LogP contribution in [-0.2, 0) is 17.6 Å². The third-order valence-electron chi connectivity index (χ3n) is 5.25. The van der Waals surface area contributed by atoms with Gasteiger partial charge in [0.15, 0.2) is 0 Å². The van der Waals surface area contributed by atoms with Crippen molar-refractivity contribution in [2.45, 2.75) is 51.2 Å². The number of alkyl halides is 3. The molecule has 9 heteroatoms. The molecule has 2 amide bonds. The van der Waals surface area contributed by atoms with Gasteiger partial charge in [-0.3, -0.25) is 14.5 Å². The number of nitrogens with one attached hydrogen (secondary N) is 1. The lowest BCUT2D eigenvalue weighted by molar-refractivity contribution is -0.188. The van der Waals surface area contributed by atoms with Gasteiger partial charge in [0.25, 0.3) is 5.91 Å². The van der Waals surface area contributed by atoms with E-state index in [-0.39, 0.29) is 13.0 Å². The Kier molecular flexibility index (Phi) is 5.30. The number of nitrogens with zero attached hydrogens (tertiary/aromatic N) is 1. The van der Waals surface area contributed by atoms with E-state index in [1.807, 2.05) is 0 Å². The fraction of sp³-hybridized carbons (Fsp3) is 0.647. The number of aryl methyl sites for hydroxylation is 1. The van der Waals surface area contributed by atoms with Gasteiger partial charge >= 0.3 is 6.18 Å². The first-order chi connectivity index (χ1) is 12.2. The van der Waals surface area contributed by atoms with Crippen LogP contribution >= 0.6 is 11.3 Å². The molecule has 26 heavy (non-hydrogen) atoms. The summed E-state index contributed by atoms with van der Waals surface area (Å²) in [4.78, 5) is 27.0. The van der Waals surface area contributed by atoms with E-state index in [0.29, 0.717) is 23.5 Å². The van der Waals surface area contributed by atoms with Crippen LogP contribution in [0, 0.1) is 5.92 Å². The summed E-state index contributed by atoms with van der Waals surface area (Å²) >= 11 is 1.34. The molecule has 1 saturated heterocycles. The topological polar surface area (TPSA) is 75.4 Å². The van der Waals surface area contributed by atoms with Crippen molar-refractivity contribution in [2.24, 2.45) is 11.7 Å². The average molecular weight is 389 g/mol. The molecule has 1 aliphatic carbocycles. The summed E-state index contributed by atoms with van der Waals surface area (Å²) in [6, 6.07) is -0.710. The Hall–Kier alpha value is -1.61. The number of amides is 2. The summed E-state index contributed by atoms with van der Waals surface area (Å²) in [5.41, 5.74) is 6.73. The van der Waals surface area contributed by atoms with E-state index in [2.05, 4.69) is 5.32 Å². The third kappa shape index (κ3) is 3.73. The lowest BCUT2D eigenvalue weighted by Gasteiger charge is -2.36. The SMILES string of the molecule is C[C@H](C(=O)Nc1sc2c(c1C(N)=O)CCC2)N1CCC[C@@H](C(F)(F)F)C1. The van der Waals surface area contributed by atoms with Gasteiger partial charge in [-0.05, 0) is 51.1 Å². The van der Waals surface area contributed by atoms with Crippen molar-refractivity contribution in [3.8, 4) is 0 Å². The van der Waals surface area contributed by atoms with Crippen LogP contribution in [-0.4, -0.2) is 42.0 Å². The molecular weight excluding hydrogens is 367 g/mol. The Morgan fingerprint density at radius 2 is 2.04 bits per heavy atom. The molecule has 3 N–H and O–H groups in total. The molecule has 1 aromatic heterocycles. The van der Waals surface area contributed by atoms with E-state index >= 15 is 0 Å². The maximum absolute atomic E-state index is 13.0. The molecule has 0 spiro atoms. The quantitative estimate of drug-likeness (QED) is 0.831. The molecule has 1 fully saturated rings. The number of carbonyl (C=O) groups excluding carboxylic acids is 2. The standard InChI is InChI=1S/C17H22F3N3O2S/c1-9(23-7-3-4-10(8-23)17(18,19)20)15(25)22-16-13(14(21)24)11-5-2-6-12(11)26-16/h9-10H,2-8H2,1H3,(H2,21,24)(H,22,25)/t9-,10-/m1/s1. The number of fused-ring (bicyclic) bond motifs is 1. The van der Waals surface area contributed by atoms with Crippen LogP contribution in [0.1, 0.15) is 47.0 Å². The molecular formula is C17H22F3N3O2S. The van der Waals surface area contributed by atoms with Crippen LogP contribution in [0.5, 0.6) is 0 Å². The molecule has 3 rings (SSSR count). The van der Waals surface area contributed by atoms with Crippen LogP contribution in [0.25, 0.3) is 0 Å². The molecule has 144 valence electrons. The number of anilines is 1. The molecule has 2 atom stereocenters. The minimum absolute atomic E-state index is 0.0950. The Balaban J connectivity index is 1.71.